The van der Waals surface area contributed by atoms with Crippen LogP contribution < -0.4 is 5.32 Å². The molecule has 0 amide bonds. The van der Waals surface area contributed by atoms with Crippen LogP contribution >= 0.6 is 0 Å². The number of nitrogens with one attached hydrogen (secondary N) is 1. The Balaban J connectivity index is 1.74. The maximum Gasteiger partial charge on any atom is 0.129 e. The molecular formula is C15H26N4O. The van der Waals surface area contributed by atoms with Crippen molar-refractivity contribution in [3.05, 3.63) is 17.6 Å². The molecule has 0 spiro atoms. The first-order valence-corrected chi connectivity index (χ1v) is 7.55. The van der Waals surface area contributed by atoms with Gasteiger partial charge in [-0.1, -0.05) is 6.92 Å². The van der Waals surface area contributed by atoms with Crippen molar-refractivity contribution in [3.63, 3.8) is 0 Å². The summed E-state index contributed by atoms with van der Waals surface area (Å²) in [6.07, 6.45) is 3.69. The molecular weight excluding hydrogens is 252 g/mol. The molecule has 20 heavy (non-hydrogen) atoms. The predicted molar refractivity (Wildman–Crippen MR) is 81.1 cm³/mol. The highest BCUT2D eigenvalue weighted by molar-refractivity contribution is 5.35. The average molecular weight is 278 g/mol. The summed E-state index contributed by atoms with van der Waals surface area (Å²) in [6, 6.07) is 2.05. The Hall–Kier alpha value is -1.20. The number of anilines is 1. The standard InChI is InChI=1S/C15H26N4O/c1-4-13-11-15(18-12(2)17-13)16-7-10-19-8-5-14(20-3)6-9-19/h11,14H,4-10H2,1-3H3,(H,16,17,18). The highest BCUT2D eigenvalue weighted by atomic mass is 16.5. The summed E-state index contributed by atoms with van der Waals surface area (Å²) in [7, 11) is 1.81. The van der Waals surface area contributed by atoms with Crippen LogP contribution in [0.4, 0.5) is 5.82 Å². The minimum Gasteiger partial charge on any atom is -0.381 e. The van der Waals surface area contributed by atoms with Crippen LogP contribution in [0.3, 0.4) is 0 Å². The van der Waals surface area contributed by atoms with Crippen molar-refractivity contribution in [3.8, 4) is 0 Å². The number of aryl methyl sites for hydroxylation is 2. The molecule has 0 bridgehead atoms. The first kappa shape index (κ1) is 15.2. The van der Waals surface area contributed by atoms with Crippen LogP contribution in [0.2, 0.25) is 0 Å². The number of piperidine rings is 1. The first-order chi connectivity index (χ1) is 9.71. The fourth-order valence-electron chi connectivity index (χ4n) is 2.61. The molecule has 2 heterocycles. The Bertz CT molecular complexity index is 416. The van der Waals surface area contributed by atoms with E-state index in [1.54, 1.807) is 0 Å². The highest BCUT2D eigenvalue weighted by Crippen LogP contribution is 2.12. The van der Waals surface area contributed by atoms with Gasteiger partial charge in [0.05, 0.1) is 6.10 Å². The van der Waals surface area contributed by atoms with E-state index in [1.807, 2.05) is 20.1 Å². The summed E-state index contributed by atoms with van der Waals surface area (Å²) in [4.78, 5) is 11.3. The summed E-state index contributed by atoms with van der Waals surface area (Å²) in [5, 5.41) is 3.41. The number of hydrogen-bond acceptors (Lipinski definition) is 5. The SMILES string of the molecule is CCc1cc(NCCN2CCC(OC)CC2)nc(C)n1. The van der Waals surface area contributed by atoms with Crippen molar-refractivity contribution in [1.29, 1.82) is 0 Å². The molecule has 5 nitrogen and oxygen atoms in total. The third-order valence-corrected chi connectivity index (χ3v) is 3.86. The number of nitrogens with zero attached hydrogens (tertiary/aromatic N) is 3. The van der Waals surface area contributed by atoms with E-state index in [-0.39, 0.29) is 0 Å². The van der Waals surface area contributed by atoms with E-state index < -0.39 is 0 Å². The fraction of sp³-hybridized carbons (Fsp3) is 0.733. The summed E-state index contributed by atoms with van der Waals surface area (Å²) >= 11 is 0. The third-order valence-electron chi connectivity index (χ3n) is 3.86. The van der Waals surface area contributed by atoms with E-state index in [0.29, 0.717) is 6.10 Å². The first-order valence-electron chi connectivity index (χ1n) is 7.55. The van der Waals surface area contributed by atoms with E-state index in [2.05, 4.69) is 27.1 Å². The molecule has 0 unspecified atom stereocenters. The molecule has 2 rings (SSSR count). The van der Waals surface area contributed by atoms with Crippen molar-refractivity contribution in [1.82, 2.24) is 14.9 Å². The van der Waals surface area contributed by atoms with E-state index in [9.17, 15) is 0 Å². The molecule has 1 aromatic rings. The lowest BCUT2D eigenvalue weighted by atomic mass is 10.1. The monoisotopic (exact) mass is 278 g/mol. The van der Waals surface area contributed by atoms with E-state index in [4.69, 9.17) is 4.74 Å². The number of ether oxygens (including phenoxy) is 1. The van der Waals surface area contributed by atoms with Gasteiger partial charge in [0.25, 0.3) is 0 Å². The molecule has 1 aromatic heterocycles. The zero-order valence-corrected chi connectivity index (χ0v) is 12.9. The molecule has 1 N–H and O–H groups in total. The van der Waals surface area contributed by atoms with E-state index >= 15 is 0 Å². The lowest BCUT2D eigenvalue weighted by molar-refractivity contribution is 0.0423. The molecule has 0 atom stereocenters. The summed E-state index contributed by atoms with van der Waals surface area (Å²) in [5.41, 5.74) is 1.10. The van der Waals surface area contributed by atoms with Crippen LogP contribution in [0.25, 0.3) is 0 Å². The largest absolute Gasteiger partial charge is 0.381 e. The second-order valence-electron chi connectivity index (χ2n) is 5.35. The number of methoxy groups -OCH3 is 1. The van der Waals surface area contributed by atoms with Crippen LogP contribution in [0.15, 0.2) is 6.07 Å². The van der Waals surface area contributed by atoms with Gasteiger partial charge in [-0.25, -0.2) is 9.97 Å². The number of aromatic nitrogens is 2. The molecule has 112 valence electrons. The van der Waals surface area contributed by atoms with Crippen molar-refractivity contribution < 1.29 is 4.74 Å². The Morgan fingerprint density at radius 1 is 1.35 bits per heavy atom. The van der Waals surface area contributed by atoms with Gasteiger partial charge in [0.15, 0.2) is 0 Å². The minimum absolute atomic E-state index is 0.454. The Labute approximate surface area is 121 Å². The van der Waals surface area contributed by atoms with Gasteiger partial charge in [-0.3, -0.25) is 0 Å². The van der Waals surface area contributed by atoms with Crippen LogP contribution in [-0.4, -0.2) is 54.3 Å². The lowest BCUT2D eigenvalue weighted by Crippen LogP contribution is -2.39. The normalized spacial score (nSPS) is 17.4. The molecule has 1 fully saturated rings. The van der Waals surface area contributed by atoms with Gasteiger partial charge in [-0.05, 0) is 26.2 Å². The molecule has 0 radical (unpaired) electrons. The predicted octanol–water partition coefficient (Wildman–Crippen LogP) is 1.87. The van der Waals surface area contributed by atoms with Gasteiger partial charge in [0.2, 0.25) is 0 Å². The van der Waals surface area contributed by atoms with Gasteiger partial charge in [-0.15, -0.1) is 0 Å². The molecule has 1 saturated heterocycles. The molecule has 0 aromatic carbocycles. The van der Waals surface area contributed by atoms with Crippen LogP contribution in [-0.2, 0) is 11.2 Å². The zero-order chi connectivity index (χ0) is 14.4. The molecule has 1 aliphatic heterocycles. The second-order valence-corrected chi connectivity index (χ2v) is 5.35. The highest BCUT2D eigenvalue weighted by Gasteiger charge is 2.17. The second kappa shape index (κ2) is 7.55. The maximum atomic E-state index is 5.39. The van der Waals surface area contributed by atoms with Gasteiger partial charge >= 0.3 is 0 Å². The summed E-state index contributed by atoms with van der Waals surface area (Å²) < 4.78 is 5.39. The van der Waals surface area contributed by atoms with Gasteiger partial charge in [0.1, 0.15) is 11.6 Å². The number of likely N-dealkylation sites (tertiary alicyclic amines) is 1. The fourth-order valence-corrected chi connectivity index (χ4v) is 2.61. The molecule has 1 aliphatic rings. The van der Waals surface area contributed by atoms with Crippen LogP contribution in [0.5, 0.6) is 0 Å². The van der Waals surface area contributed by atoms with Crippen molar-refractivity contribution >= 4 is 5.82 Å². The van der Waals surface area contributed by atoms with Gasteiger partial charge < -0.3 is 15.0 Å². The zero-order valence-electron chi connectivity index (χ0n) is 12.9. The Morgan fingerprint density at radius 2 is 2.10 bits per heavy atom. The van der Waals surface area contributed by atoms with Gasteiger partial charge in [0, 0.05) is 45.0 Å². The topological polar surface area (TPSA) is 50.3 Å². The van der Waals surface area contributed by atoms with Crippen molar-refractivity contribution in [2.75, 3.05) is 38.6 Å². The summed E-state index contributed by atoms with van der Waals surface area (Å²) in [5.74, 6) is 1.79. The van der Waals surface area contributed by atoms with Crippen molar-refractivity contribution in [2.45, 2.75) is 39.2 Å². The van der Waals surface area contributed by atoms with E-state index in [1.165, 1.54) is 0 Å². The maximum absolute atomic E-state index is 5.39. The lowest BCUT2D eigenvalue weighted by Gasteiger charge is -2.31. The van der Waals surface area contributed by atoms with Crippen molar-refractivity contribution in [2.24, 2.45) is 0 Å². The van der Waals surface area contributed by atoms with Gasteiger partial charge in [-0.2, -0.15) is 0 Å². The van der Waals surface area contributed by atoms with Crippen LogP contribution in [0.1, 0.15) is 31.3 Å². The third kappa shape index (κ3) is 4.42. The average Bonchev–Trinajstić information content (AvgIpc) is 2.47. The molecule has 5 heteroatoms. The van der Waals surface area contributed by atoms with E-state index in [0.717, 1.165) is 62.8 Å². The number of hydrogen-bond donors (Lipinski definition) is 1. The Morgan fingerprint density at radius 3 is 2.75 bits per heavy atom. The smallest absolute Gasteiger partial charge is 0.129 e. The summed E-state index contributed by atoms with van der Waals surface area (Å²) in [6.45, 7) is 8.30. The molecule has 0 saturated carbocycles. The minimum atomic E-state index is 0.454. The molecule has 0 aliphatic carbocycles. The number of rotatable bonds is 6. The quantitative estimate of drug-likeness (QED) is 0.861. The Kier molecular flexibility index (Phi) is 5.73. The van der Waals surface area contributed by atoms with Crippen LogP contribution in [0, 0.1) is 6.92 Å².